The molecule has 0 atom stereocenters. The number of carbonyl (C=O) groups excluding carboxylic acids is 2. The van der Waals surface area contributed by atoms with Gasteiger partial charge in [0.2, 0.25) is 5.91 Å². The van der Waals surface area contributed by atoms with Gasteiger partial charge in [-0.25, -0.2) is 4.98 Å². The van der Waals surface area contributed by atoms with Crippen molar-refractivity contribution in [1.82, 2.24) is 14.8 Å². The Kier molecular flexibility index (Phi) is 5.34. The van der Waals surface area contributed by atoms with Crippen molar-refractivity contribution in [2.45, 2.75) is 24.3 Å². The average molecular weight is 377 g/mol. The largest absolute Gasteiger partial charge is 0.347 e. The van der Waals surface area contributed by atoms with E-state index in [0.29, 0.717) is 16.3 Å². The molecule has 1 aromatic rings. The van der Waals surface area contributed by atoms with Gasteiger partial charge < -0.3 is 9.80 Å². The molecule has 1 aliphatic rings. The van der Waals surface area contributed by atoms with Crippen LogP contribution >= 0.6 is 24.0 Å². The van der Waals surface area contributed by atoms with E-state index in [9.17, 15) is 9.59 Å². The molecule has 0 aliphatic carbocycles. The van der Waals surface area contributed by atoms with Crippen LogP contribution in [-0.4, -0.2) is 64.1 Å². The van der Waals surface area contributed by atoms with E-state index in [4.69, 9.17) is 17.5 Å². The molecule has 0 unspecified atom stereocenters. The summed E-state index contributed by atoms with van der Waals surface area (Å²) in [6, 6.07) is 3.74. The number of likely N-dealkylation sites (N-methyl/N-ethyl adjacent to an activating group) is 1. The van der Waals surface area contributed by atoms with E-state index in [-0.39, 0.29) is 23.5 Å². The van der Waals surface area contributed by atoms with Crippen molar-refractivity contribution >= 4 is 46.6 Å². The van der Waals surface area contributed by atoms with Crippen LogP contribution in [0.15, 0.2) is 17.2 Å². The maximum atomic E-state index is 12.9. The summed E-state index contributed by atoms with van der Waals surface area (Å²) in [5.74, 6) is -0.379. The zero-order valence-electron chi connectivity index (χ0n) is 14.7. The number of amides is 2. The minimum absolute atomic E-state index is 0.0141. The number of anilines is 1. The summed E-state index contributed by atoms with van der Waals surface area (Å²) in [6.45, 7) is 3.48. The van der Waals surface area contributed by atoms with Gasteiger partial charge in [0.1, 0.15) is 18.2 Å². The zero-order chi connectivity index (χ0) is 18.9. The third kappa shape index (κ3) is 3.32. The summed E-state index contributed by atoms with van der Waals surface area (Å²) in [4.78, 5) is 34.3. The lowest BCUT2D eigenvalue weighted by Gasteiger charge is -2.29. The second-order valence-corrected chi connectivity index (χ2v) is 7.43. The first-order chi connectivity index (χ1) is 11.6. The number of nitrogens with zero attached hydrogens (tertiary/aromatic N) is 5. The smallest absolute Gasteiger partial charge is 0.258 e. The summed E-state index contributed by atoms with van der Waals surface area (Å²) in [5.41, 5.74) is -0.158. The van der Waals surface area contributed by atoms with Crippen LogP contribution in [0.2, 0.25) is 0 Å². The van der Waals surface area contributed by atoms with Crippen molar-refractivity contribution in [2.24, 2.45) is 0 Å². The highest BCUT2D eigenvalue weighted by Crippen LogP contribution is 2.33. The van der Waals surface area contributed by atoms with Gasteiger partial charge in [-0.05, 0) is 38.4 Å². The Bertz CT molecular complexity index is 785. The lowest BCUT2D eigenvalue weighted by atomic mass is 10.0. The van der Waals surface area contributed by atoms with Gasteiger partial charge in [-0.1, -0.05) is 0 Å². The van der Waals surface area contributed by atoms with Crippen molar-refractivity contribution in [3.8, 4) is 6.07 Å². The molecule has 1 fully saturated rings. The molecule has 25 heavy (non-hydrogen) atoms. The third-order valence-electron chi connectivity index (χ3n) is 4.04. The maximum Gasteiger partial charge on any atom is 0.258 e. The summed E-state index contributed by atoms with van der Waals surface area (Å²) < 4.78 is 0. The topological polar surface area (TPSA) is 80.5 Å². The van der Waals surface area contributed by atoms with E-state index in [1.807, 2.05) is 12.3 Å². The number of hydrogen-bond acceptors (Lipinski definition) is 6. The fourth-order valence-corrected chi connectivity index (χ4v) is 3.41. The molecule has 1 saturated heterocycles. The molecule has 0 aromatic carbocycles. The standard InChI is InChI=1S/C16H19N5O2S2/c1-16(2)14(23)21(15(24)20(16)9-13(22)19(3)4)10-6-12(25-5)11(7-17)18-8-10/h6,8H,9H2,1-5H3. The minimum atomic E-state index is -0.948. The molecule has 7 nitrogen and oxygen atoms in total. The zero-order valence-corrected chi connectivity index (χ0v) is 16.4. The van der Waals surface area contributed by atoms with Crippen LogP contribution in [0.3, 0.4) is 0 Å². The van der Waals surface area contributed by atoms with E-state index in [1.54, 1.807) is 38.9 Å². The Hall–Kier alpha value is -2.18. The van der Waals surface area contributed by atoms with Crippen LogP contribution in [0, 0.1) is 11.3 Å². The fourth-order valence-electron chi connectivity index (χ4n) is 2.40. The van der Waals surface area contributed by atoms with Crippen molar-refractivity contribution in [1.29, 1.82) is 5.26 Å². The third-order valence-corrected chi connectivity index (χ3v) is 5.19. The molecule has 0 N–H and O–H groups in total. The molecule has 0 spiro atoms. The number of aromatic nitrogens is 1. The van der Waals surface area contributed by atoms with Gasteiger partial charge in [0, 0.05) is 19.0 Å². The number of thioether (sulfide) groups is 1. The highest BCUT2D eigenvalue weighted by Gasteiger charge is 2.50. The monoisotopic (exact) mass is 377 g/mol. The number of pyridine rings is 1. The van der Waals surface area contributed by atoms with Crippen LogP contribution in [0.5, 0.6) is 0 Å². The molecular weight excluding hydrogens is 358 g/mol. The number of hydrogen-bond donors (Lipinski definition) is 0. The first kappa shape index (κ1) is 19.1. The summed E-state index contributed by atoms with van der Waals surface area (Å²) in [6.07, 6.45) is 3.29. The number of rotatable bonds is 4. The fraction of sp³-hybridized carbons (Fsp3) is 0.438. The Morgan fingerprint density at radius 3 is 2.64 bits per heavy atom. The second-order valence-electron chi connectivity index (χ2n) is 6.21. The van der Waals surface area contributed by atoms with Gasteiger partial charge in [0.25, 0.3) is 5.91 Å². The Morgan fingerprint density at radius 1 is 1.48 bits per heavy atom. The van der Waals surface area contributed by atoms with E-state index in [0.717, 1.165) is 0 Å². The normalized spacial score (nSPS) is 16.2. The lowest BCUT2D eigenvalue weighted by molar-refractivity contribution is -0.131. The number of nitriles is 1. The molecule has 2 rings (SSSR count). The van der Waals surface area contributed by atoms with Gasteiger partial charge in [0.15, 0.2) is 10.8 Å². The molecule has 1 aromatic heterocycles. The Labute approximate surface area is 156 Å². The number of thiocarbonyl (C=S) groups is 1. The van der Waals surface area contributed by atoms with Gasteiger partial charge in [-0.3, -0.25) is 14.5 Å². The molecule has 1 aliphatic heterocycles. The molecule has 0 radical (unpaired) electrons. The quantitative estimate of drug-likeness (QED) is 0.581. The van der Waals surface area contributed by atoms with Gasteiger partial charge >= 0.3 is 0 Å². The molecule has 0 bridgehead atoms. The van der Waals surface area contributed by atoms with E-state index < -0.39 is 5.54 Å². The first-order valence-corrected chi connectivity index (χ1v) is 9.09. The molecule has 0 saturated carbocycles. The Morgan fingerprint density at radius 2 is 2.12 bits per heavy atom. The van der Waals surface area contributed by atoms with Gasteiger partial charge in [-0.15, -0.1) is 11.8 Å². The first-order valence-electron chi connectivity index (χ1n) is 7.45. The predicted molar refractivity (Wildman–Crippen MR) is 100 cm³/mol. The van der Waals surface area contributed by atoms with Crippen molar-refractivity contribution < 1.29 is 9.59 Å². The second kappa shape index (κ2) is 6.98. The average Bonchev–Trinajstić information content (AvgIpc) is 2.74. The van der Waals surface area contributed by atoms with Crippen molar-refractivity contribution in [3.63, 3.8) is 0 Å². The van der Waals surface area contributed by atoms with E-state index >= 15 is 0 Å². The molecule has 2 amide bonds. The predicted octanol–water partition coefficient (Wildman–Crippen LogP) is 1.48. The SMILES string of the molecule is CSc1cc(N2C(=O)C(C)(C)N(CC(=O)N(C)C)C2=S)cnc1C#N. The van der Waals surface area contributed by atoms with Crippen molar-refractivity contribution in [2.75, 3.05) is 31.8 Å². The highest BCUT2D eigenvalue weighted by molar-refractivity contribution is 7.98. The summed E-state index contributed by atoms with van der Waals surface area (Å²) in [7, 11) is 3.31. The summed E-state index contributed by atoms with van der Waals surface area (Å²) >= 11 is 6.85. The van der Waals surface area contributed by atoms with Crippen molar-refractivity contribution in [3.05, 3.63) is 18.0 Å². The van der Waals surface area contributed by atoms with Crippen LogP contribution in [0.1, 0.15) is 19.5 Å². The van der Waals surface area contributed by atoms with Crippen LogP contribution < -0.4 is 4.90 Å². The lowest BCUT2D eigenvalue weighted by Crippen LogP contribution is -2.48. The molecule has 9 heteroatoms. The van der Waals surface area contributed by atoms with E-state index in [1.165, 1.54) is 27.8 Å². The highest BCUT2D eigenvalue weighted by atomic mass is 32.2. The molecule has 132 valence electrons. The molecular formula is C16H19N5O2S2. The Balaban J connectivity index is 2.43. The minimum Gasteiger partial charge on any atom is -0.347 e. The van der Waals surface area contributed by atoms with Gasteiger partial charge in [0.05, 0.1) is 11.9 Å². The molecule has 2 heterocycles. The number of carbonyl (C=O) groups is 2. The van der Waals surface area contributed by atoms with Gasteiger partial charge in [-0.2, -0.15) is 5.26 Å². The van der Waals surface area contributed by atoms with Crippen LogP contribution in [-0.2, 0) is 9.59 Å². The van der Waals surface area contributed by atoms with Crippen LogP contribution in [0.25, 0.3) is 0 Å². The summed E-state index contributed by atoms with van der Waals surface area (Å²) in [5, 5.41) is 9.36. The van der Waals surface area contributed by atoms with E-state index in [2.05, 4.69) is 4.98 Å². The maximum absolute atomic E-state index is 12.9. The van der Waals surface area contributed by atoms with Crippen LogP contribution in [0.4, 0.5) is 5.69 Å².